The molecule has 0 aromatic heterocycles. The van der Waals surface area contributed by atoms with E-state index in [1.807, 2.05) is 13.8 Å². The van der Waals surface area contributed by atoms with E-state index in [-0.39, 0.29) is 30.8 Å². The molecule has 2 amide bonds. The van der Waals surface area contributed by atoms with Crippen LogP contribution in [-0.4, -0.2) is 50.1 Å². The molecule has 1 aliphatic rings. The van der Waals surface area contributed by atoms with Crippen molar-refractivity contribution in [2.24, 2.45) is 5.92 Å². The molecule has 1 heterocycles. The molecule has 0 spiro atoms. The molecular formula is C11H19N3O4. The zero-order valence-corrected chi connectivity index (χ0v) is 10.8. The van der Waals surface area contributed by atoms with Crippen LogP contribution in [0.15, 0.2) is 0 Å². The van der Waals surface area contributed by atoms with E-state index in [1.165, 1.54) is 7.11 Å². The van der Waals surface area contributed by atoms with Gasteiger partial charge in [0.2, 0.25) is 11.8 Å². The van der Waals surface area contributed by atoms with E-state index in [4.69, 9.17) is 0 Å². The number of hydrogen-bond acceptors (Lipinski definition) is 5. The lowest BCUT2D eigenvalue weighted by atomic mass is 10.0. The third kappa shape index (κ3) is 3.69. The van der Waals surface area contributed by atoms with E-state index in [2.05, 4.69) is 20.7 Å². The number of rotatable bonds is 4. The van der Waals surface area contributed by atoms with E-state index >= 15 is 0 Å². The molecule has 7 heteroatoms. The van der Waals surface area contributed by atoms with Crippen LogP contribution in [0.25, 0.3) is 0 Å². The molecule has 1 rings (SSSR count). The van der Waals surface area contributed by atoms with Crippen LogP contribution in [0.2, 0.25) is 0 Å². The number of piperazine rings is 1. The molecule has 1 fully saturated rings. The van der Waals surface area contributed by atoms with E-state index in [0.29, 0.717) is 0 Å². The Morgan fingerprint density at radius 2 is 2.11 bits per heavy atom. The molecule has 0 aromatic rings. The summed E-state index contributed by atoms with van der Waals surface area (Å²) < 4.78 is 4.64. The van der Waals surface area contributed by atoms with E-state index in [1.54, 1.807) is 0 Å². The highest BCUT2D eigenvalue weighted by atomic mass is 16.5. The van der Waals surface area contributed by atoms with Gasteiger partial charge in [0, 0.05) is 6.54 Å². The van der Waals surface area contributed by atoms with Crippen LogP contribution in [0, 0.1) is 5.92 Å². The number of hydrogen-bond donors (Lipinski definition) is 3. The number of esters is 1. The van der Waals surface area contributed by atoms with E-state index < -0.39 is 18.1 Å². The van der Waals surface area contributed by atoms with Crippen molar-refractivity contribution in [3.63, 3.8) is 0 Å². The molecule has 1 aliphatic heterocycles. The third-order valence-electron chi connectivity index (χ3n) is 2.75. The highest BCUT2D eigenvalue weighted by Gasteiger charge is 2.30. The van der Waals surface area contributed by atoms with Gasteiger partial charge in [0.25, 0.3) is 0 Å². The maximum absolute atomic E-state index is 11.9. The first-order chi connectivity index (χ1) is 8.45. The Bertz CT molecular complexity index is 333. The van der Waals surface area contributed by atoms with Gasteiger partial charge >= 0.3 is 5.97 Å². The fraction of sp³-hybridized carbons (Fsp3) is 0.727. The Morgan fingerprint density at radius 1 is 1.44 bits per heavy atom. The van der Waals surface area contributed by atoms with E-state index in [0.717, 1.165) is 0 Å². The maximum Gasteiger partial charge on any atom is 0.328 e. The Labute approximate surface area is 106 Å². The molecule has 0 saturated carbocycles. The van der Waals surface area contributed by atoms with Crippen LogP contribution in [0.5, 0.6) is 0 Å². The molecular weight excluding hydrogens is 238 g/mol. The summed E-state index contributed by atoms with van der Waals surface area (Å²) in [6.07, 6.45) is 0. The summed E-state index contributed by atoms with van der Waals surface area (Å²) in [7, 11) is 1.28. The van der Waals surface area contributed by atoms with Gasteiger partial charge in [0.1, 0.15) is 12.1 Å². The molecule has 0 radical (unpaired) electrons. The van der Waals surface area contributed by atoms with Crippen molar-refractivity contribution >= 4 is 17.8 Å². The van der Waals surface area contributed by atoms with Gasteiger partial charge in [-0.15, -0.1) is 0 Å². The molecule has 1 saturated heterocycles. The van der Waals surface area contributed by atoms with Crippen LogP contribution in [0.1, 0.15) is 13.8 Å². The molecule has 0 bridgehead atoms. The van der Waals surface area contributed by atoms with Gasteiger partial charge in [-0.2, -0.15) is 0 Å². The average Bonchev–Trinajstić information content (AvgIpc) is 2.35. The summed E-state index contributed by atoms with van der Waals surface area (Å²) in [6.45, 7) is 3.95. The fourth-order valence-corrected chi connectivity index (χ4v) is 1.63. The van der Waals surface area contributed by atoms with Gasteiger partial charge < -0.3 is 15.4 Å². The molecule has 18 heavy (non-hydrogen) atoms. The van der Waals surface area contributed by atoms with Crippen molar-refractivity contribution in [1.29, 1.82) is 0 Å². The maximum atomic E-state index is 11.9. The summed E-state index contributed by atoms with van der Waals surface area (Å²) in [4.78, 5) is 34.3. The van der Waals surface area contributed by atoms with Crippen LogP contribution in [-0.2, 0) is 19.1 Å². The minimum absolute atomic E-state index is 0.0698. The molecule has 0 aliphatic carbocycles. The van der Waals surface area contributed by atoms with Gasteiger partial charge in [-0.05, 0) is 5.92 Å². The van der Waals surface area contributed by atoms with Crippen molar-refractivity contribution in [1.82, 2.24) is 16.0 Å². The van der Waals surface area contributed by atoms with Crippen LogP contribution >= 0.6 is 0 Å². The molecule has 1 unspecified atom stereocenters. The Balaban J connectivity index is 2.56. The number of carbonyl (C=O) groups excluding carboxylic acids is 3. The summed E-state index contributed by atoms with van der Waals surface area (Å²) in [6, 6.07) is -1.20. The second-order valence-corrected chi connectivity index (χ2v) is 4.49. The van der Waals surface area contributed by atoms with Gasteiger partial charge in [-0.25, -0.2) is 4.79 Å². The first kappa shape index (κ1) is 14.4. The lowest BCUT2D eigenvalue weighted by Crippen LogP contribution is -2.60. The number of carbonyl (C=O) groups is 3. The smallest absolute Gasteiger partial charge is 0.328 e. The predicted molar refractivity (Wildman–Crippen MR) is 63.6 cm³/mol. The molecule has 102 valence electrons. The monoisotopic (exact) mass is 257 g/mol. The summed E-state index contributed by atoms with van der Waals surface area (Å²) in [5.74, 6) is -1.01. The lowest BCUT2D eigenvalue weighted by Gasteiger charge is -2.26. The summed E-state index contributed by atoms with van der Waals surface area (Å²) in [5.41, 5.74) is 0. The lowest BCUT2D eigenvalue weighted by molar-refractivity contribution is -0.146. The van der Waals surface area contributed by atoms with E-state index in [9.17, 15) is 14.4 Å². The van der Waals surface area contributed by atoms with Crippen molar-refractivity contribution < 1.29 is 19.1 Å². The number of ether oxygens (including phenoxy) is 1. The van der Waals surface area contributed by atoms with Gasteiger partial charge in [0.15, 0.2) is 0 Å². The summed E-state index contributed by atoms with van der Waals surface area (Å²) in [5, 5.41) is 8.00. The topological polar surface area (TPSA) is 96.5 Å². The average molecular weight is 257 g/mol. The van der Waals surface area contributed by atoms with Crippen LogP contribution in [0.3, 0.4) is 0 Å². The Kier molecular flexibility index (Phi) is 5.08. The van der Waals surface area contributed by atoms with Crippen molar-refractivity contribution in [3.05, 3.63) is 0 Å². The fourth-order valence-electron chi connectivity index (χ4n) is 1.63. The number of methoxy groups -OCH3 is 1. The molecule has 0 aromatic carbocycles. The van der Waals surface area contributed by atoms with Crippen molar-refractivity contribution in [3.8, 4) is 0 Å². The first-order valence-corrected chi connectivity index (χ1v) is 5.84. The van der Waals surface area contributed by atoms with Gasteiger partial charge in [-0.1, -0.05) is 13.8 Å². The van der Waals surface area contributed by atoms with Crippen molar-refractivity contribution in [2.75, 3.05) is 20.2 Å². The standard InChI is InChI=1S/C11H19N3O4/c1-6(2)9(11(17)18-3)14-10(16)7-4-13-8(15)5-12-7/h6-7,9,12H,4-5H2,1-3H3,(H,13,15)(H,14,16)/t7?,9-/m0/s1. The highest BCUT2D eigenvalue weighted by Crippen LogP contribution is 2.04. The zero-order chi connectivity index (χ0) is 13.7. The minimum atomic E-state index is -0.679. The molecule has 2 atom stereocenters. The first-order valence-electron chi connectivity index (χ1n) is 5.84. The number of nitrogens with one attached hydrogen (secondary N) is 3. The normalized spacial score (nSPS) is 21.1. The number of amides is 2. The summed E-state index contributed by atoms with van der Waals surface area (Å²) >= 11 is 0. The molecule has 7 nitrogen and oxygen atoms in total. The van der Waals surface area contributed by atoms with Gasteiger partial charge in [-0.3, -0.25) is 14.9 Å². The quantitative estimate of drug-likeness (QED) is 0.526. The third-order valence-corrected chi connectivity index (χ3v) is 2.75. The molecule has 3 N–H and O–H groups in total. The van der Waals surface area contributed by atoms with Gasteiger partial charge in [0.05, 0.1) is 13.7 Å². The van der Waals surface area contributed by atoms with Crippen molar-refractivity contribution in [2.45, 2.75) is 25.9 Å². The minimum Gasteiger partial charge on any atom is -0.467 e. The Hall–Kier alpha value is -1.63. The highest BCUT2D eigenvalue weighted by molar-refractivity contribution is 5.90. The SMILES string of the molecule is COC(=O)[C@@H](NC(=O)C1CNC(=O)CN1)C(C)C. The largest absolute Gasteiger partial charge is 0.467 e. The predicted octanol–water partition coefficient (Wildman–Crippen LogP) is -1.61. The van der Waals surface area contributed by atoms with Crippen LogP contribution < -0.4 is 16.0 Å². The second kappa shape index (κ2) is 6.34. The second-order valence-electron chi connectivity index (χ2n) is 4.49. The Morgan fingerprint density at radius 3 is 2.56 bits per heavy atom. The zero-order valence-electron chi connectivity index (χ0n) is 10.8. The van der Waals surface area contributed by atoms with Crippen LogP contribution in [0.4, 0.5) is 0 Å².